The molecule has 16 heavy (non-hydrogen) atoms. The van der Waals surface area contributed by atoms with Gasteiger partial charge in [0.15, 0.2) is 0 Å². The Morgan fingerprint density at radius 3 is 2.88 bits per heavy atom. The van der Waals surface area contributed by atoms with Gasteiger partial charge in [0.05, 0.1) is 0 Å². The molecule has 0 fully saturated rings. The highest BCUT2D eigenvalue weighted by Crippen LogP contribution is 2.15. The van der Waals surface area contributed by atoms with Crippen molar-refractivity contribution in [3.63, 3.8) is 0 Å². The number of nitrogens with one attached hydrogen (secondary N) is 1. The SMILES string of the molecule is N#Cc1cc(Nc2cccc(F)c2)ncn1. The van der Waals surface area contributed by atoms with Crippen LogP contribution in [-0.4, -0.2) is 9.97 Å². The number of halogens is 1. The molecule has 2 aromatic rings. The first-order chi connectivity index (χ1) is 7.78. The number of nitrogens with zero attached hydrogens (tertiary/aromatic N) is 3. The van der Waals surface area contributed by atoms with E-state index in [1.807, 2.05) is 6.07 Å². The Morgan fingerprint density at radius 1 is 1.25 bits per heavy atom. The minimum Gasteiger partial charge on any atom is -0.340 e. The predicted octanol–water partition coefficient (Wildman–Crippen LogP) is 2.23. The van der Waals surface area contributed by atoms with Gasteiger partial charge in [-0.3, -0.25) is 0 Å². The summed E-state index contributed by atoms with van der Waals surface area (Å²) in [4.78, 5) is 7.65. The number of benzene rings is 1. The third-order valence-electron chi connectivity index (χ3n) is 1.88. The van der Waals surface area contributed by atoms with Gasteiger partial charge >= 0.3 is 0 Å². The first-order valence-electron chi connectivity index (χ1n) is 4.52. The van der Waals surface area contributed by atoms with E-state index in [4.69, 9.17) is 5.26 Å². The fourth-order valence-corrected chi connectivity index (χ4v) is 1.20. The maximum atomic E-state index is 12.9. The van der Waals surface area contributed by atoms with Gasteiger partial charge in [-0.05, 0) is 18.2 Å². The minimum absolute atomic E-state index is 0.258. The molecule has 0 aliphatic rings. The van der Waals surface area contributed by atoms with Crippen LogP contribution in [0.3, 0.4) is 0 Å². The van der Waals surface area contributed by atoms with Crippen LogP contribution in [0.5, 0.6) is 0 Å². The molecule has 1 N–H and O–H groups in total. The zero-order chi connectivity index (χ0) is 11.4. The molecule has 1 aromatic carbocycles. The van der Waals surface area contributed by atoms with Crippen molar-refractivity contribution in [3.8, 4) is 6.07 Å². The first-order valence-corrected chi connectivity index (χ1v) is 4.52. The highest BCUT2D eigenvalue weighted by atomic mass is 19.1. The van der Waals surface area contributed by atoms with E-state index in [0.717, 1.165) is 0 Å². The monoisotopic (exact) mass is 214 g/mol. The van der Waals surface area contributed by atoms with E-state index in [0.29, 0.717) is 11.5 Å². The van der Waals surface area contributed by atoms with E-state index in [1.165, 1.54) is 24.5 Å². The second-order valence-electron chi connectivity index (χ2n) is 3.04. The number of nitriles is 1. The van der Waals surface area contributed by atoms with E-state index in [9.17, 15) is 4.39 Å². The number of anilines is 2. The molecule has 1 heterocycles. The molecule has 5 heteroatoms. The van der Waals surface area contributed by atoms with Crippen LogP contribution in [0, 0.1) is 17.1 Å². The van der Waals surface area contributed by atoms with E-state index < -0.39 is 0 Å². The lowest BCUT2D eigenvalue weighted by atomic mass is 10.3. The van der Waals surface area contributed by atoms with Crippen LogP contribution in [0.1, 0.15) is 5.69 Å². The highest BCUT2D eigenvalue weighted by molar-refractivity contribution is 5.56. The number of rotatable bonds is 2. The normalized spacial score (nSPS) is 9.50. The number of aromatic nitrogens is 2. The smallest absolute Gasteiger partial charge is 0.145 e. The molecule has 1 aromatic heterocycles. The van der Waals surface area contributed by atoms with Crippen LogP contribution < -0.4 is 5.32 Å². The molecule has 0 saturated carbocycles. The zero-order valence-corrected chi connectivity index (χ0v) is 8.18. The summed E-state index contributed by atoms with van der Waals surface area (Å²) >= 11 is 0. The van der Waals surface area contributed by atoms with Crippen molar-refractivity contribution in [3.05, 3.63) is 48.2 Å². The second-order valence-corrected chi connectivity index (χ2v) is 3.04. The van der Waals surface area contributed by atoms with Gasteiger partial charge in [0.25, 0.3) is 0 Å². The molecule has 0 atom stereocenters. The molecule has 0 radical (unpaired) electrons. The Bertz CT molecular complexity index is 548. The summed E-state index contributed by atoms with van der Waals surface area (Å²) in [7, 11) is 0. The third kappa shape index (κ3) is 2.30. The van der Waals surface area contributed by atoms with Gasteiger partial charge in [0.1, 0.15) is 29.7 Å². The lowest BCUT2D eigenvalue weighted by Gasteiger charge is -2.04. The molecule has 4 nitrogen and oxygen atoms in total. The molecule has 0 saturated heterocycles. The van der Waals surface area contributed by atoms with Crippen molar-refractivity contribution < 1.29 is 4.39 Å². The van der Waals surface area contributed by atoms with Crippen LogP contribution in [0.2, 0.25) is 0 Å². The zero-order valence-electron chi connectivity index (χ0n) is 8.18. The van der Waals surface area contributed by atoms with Gasteiger partial charge in [-0.1, -0.05) is 6.07 Å². The van der Waals surface area contributed by atoms with Crippen LogP contribution >= 0.6 is 0 Å². The molecule has 0 aliphatic carbocycles. The molecule has 0 bridgehead atoms. The first kappa shape index (κ1) is 10.1. The molecule has 78 valence electrons. The quantitative estimate of drug-likeness (QED) is 0.832. The van der Waals surface area contributed by atoms with Gasteiger partial charge in [0.2, 0.25) is 0 Å². The summed E-state index contributed by atoms with van der Waals surface area (Å²) in [6.45, 7) is 0. The topological polar surface area (TPSA) is 61.6 Å². The fourth-order valence-electron chi connectivity index (χ4n) is 1.20. The van der Waals surface area contributed by atoms with E-state index in [1.54, 1.807) is 12.1 Å². The minimum atomic E-state index is -0.334. The Labute approximate surface area is 91.4 Å². The fraction of sp³-hybridized carbons (Fsp3) is 0. The summed E-state index contributed by atoms with van der Waals surface area (Å²) < 4.78 is 12.9. The summed E-state index contributed by atoms with van der Waals surface area (Å²) in [6, 6.07) is 9.38. The molecular weight excluding hydrogens is 207 g/mol. The number of hydrogen-bond donors (Lipinski definition) is 1. The van der Waals surface area contributed by atoms with Crippen LogP contribution in [0.25, 0.3) is 0 Å². The summed E-state index contributed by atoms with van der Waals surface area (Å²) in [5, 5.41) is 11.5. The van der Waals surface area contributed by atoms with Crippen molar-refractivity contribution in [1.29, 1.82) is 5.26 Å². The van der Waals surface area contributed by atoms with Crippen LogP contribution in [0.4, 0.5) is 15.9 Å². The van der Waals surface area contributed by atoms with E-state index >= 15 is 0 Å². The van der Waals surface area contributed by atoms with Crippen LogP contribution in [0.15, 0.2) is 36.7 Å². The molecule has 2 rings (SSSR count). The van der Waals surface area contributed by atoms with E-state index in [2.05, 4.69) is 15.3 Å². The highest BCUT2D eigenvalue weighted by Gasteiger charge is 1.99. The van der Waals surface area contributed by atoms with Crippen molar-refractivity contribution in [2.75, 3.05) is 5.32 Å². The number of hydrogen-bond acceptors (Lipinski definition) is 4. The van der Waals surface area contributed by atoms with Gasteiger partial charge in [0, 0.05) is 11.8 Å². The van der Waals surface area contributed by atoms with Gasteiger partial charge in [-0.25, -0.2) is 14.4 Å². The molecule has 0 spiro atoms. The summed E-state index contributed by atoms with van der Waals surface area (Å²) in [5.74, 6) is 0.122. The molecule has 0 aliphatic heterocycles. The third-order valence-corrected chi connectivity index (χ3v) is 1.88. The Hall–Kier alpha value is -2.48. The van der Waals surface area contributed by atoms with Gasteiger partial charge in [-0.2, -0.15) is 5.26 Å². The summed E-state index contributed by atoms with van der Waals surface area (Å²) in [5.41, 5.74) is 0.830. The lowest BCUT2D eigenvalue weighted by Crippen LogP contribution is -1.95. The maximum Gasteiger partial charge on any atom is 0.145 e. The van der Waals surface area contributed by atoms with E-state index in [-0.39, 0.29) is 11.5 Å². The standard InChI is InChI=1S/C11H7FN4/c12-8-2-1-3-9(4-8)16-11-5-10(6-13)14-7-15-11/h1-5,7H,(H,14,15,16). The molecular formula is C11H7FN4. The predicted molar refractivity (Wildman–Crippen MR) is 56.4 cm³/mol. The molecule has 0 amide bonds. The van der Waals surface area contributed by atoms with Crippen molar-refractivity contribution >= 4 is 11.5 Å². The largest absolute Gasteiger partial charge is 0.340 e. The Kier molecular flexibility index (Phi) is 2.74. The molecule has 0 unspecified atom stereocenters. The maximum absolute atomic E-state index is 12.9. The lowest BCUT2D eigenvalue weighted by molar-refractivity contribution is 0.628. The van der Waals surface area contributed by atoms with Gasteiger partial charge < -0.3 is 5.32 Å². The van der Waals surface area contributed by atoms with Crippen molar-refractivity contribution in [2.45, 2.75) is 0 Å². The van der Waals surface area contributed by atoms with Crippen molar-refractivity contribution in [1.82, 2.24) is 9.97 Å². The Morgan fingerprint density at radius 2 is 2.12 bits per heavy atom. The second kappa shape index (κ2) is 4.36. The van der Waals surface area contributed by atoms with Gasteiger partial charge in [-0.15, -0.1) is 0 Å². The Balaban J connectivity index is 2.24. The average molecular weight is 214 g/mol. The van der Waals surface area contributed by atoms with Crippen molar-refractivity contribution in [2.24, 2.45) is 0 Å². The average Bonchev–Trinajstić information content (AvgIpc) is 2.29. The van der Waals surface area contributed by atoms with Crippen LogP contribution in [-0.2, 0) is 0 Å². The summed E-state index contributed by atoms with van der Waals surface area (Å²) in [6.07, 6.45) is 1.28.